The van der Waals surface area contributed by atoms with Crippen LogP contribution in [0.1, 0.15) is 6.42 Å². The molecule has 2 nitrogen and oxygen atoms in total. The van der Waals surface area contributed by atoms with E-state index in [9.17, 15) is 0 Å². The Labute approximate surface area is 48.5 Å². The average Bonchev–Trinajstić information content (AvgIpc) is 2.07. The molecule has 0 aromatic heterocycles. The van der Waals surface area contributed by atoms with Gasteiger partial charge in [-0.2, -0.15) is 0 Å². The van der Waals surface area contributed by atoms with Gasteiger partial charge in [0.1, 0.15) is 0 Å². The van der Waals surface area contributed by atoms with Crippen LogP contribution in [0.5, 0.6) is 0 Å². The lowest BCUT2D eigenvalue weighted by molar-refractivity contribution is -0.0614. The molecule has 0 amide bonds. The van der Waals surface area contributed by atoms with Gasteiger partial charge in [-0.1, -0.05) is 6.08 Å². The highest BCUT2D eigenvalue weighted by Crippen LogP contribution is 2.24. The van der Waals surface area contributed by atoms with Gasteiger partial charge in [0, 0.05) is 0 Å². The topological polar surface area (TPSA) is 21.3 Å². The lowest BCUT2D eigenvalue weighted by atomic mass is 9.96. The zero-order valence-corrected chi connectivity index (χ0v) is 4.68. The van der Waals surface area contributed by atoms with Crippen molar-refractivity contribution in [2.45, 2.75) is 12.0 Å². The second-order valence-corrected chi connectivity index (χ2v) is 2.52. The van der Waals surface area contributed by atoms with Crippen LogP contribution in [-0.2, 0) is 4.74 Å². The first-order valence-electron chi connectivity index (χ1n) is 2.92. The molecule has 0 saturated carbocycles. The van der Waals surface area contributed by atoms with E-state index in [1.54, 1.807) is 0 Å². The molecule has 2 heteroatoms. The molecular formula is C6H9NO. The largest absolute Gasteiger partial charge is 0.381 e. The Balaban J connectivity index is 2.06. The summed E-state index contributed by atoms with van der Waals surface area (Å²) in [5.74, 6) is 0. The first kappa shape index (κ1) is 4.39. The molecule has 0 radical (unpaired) electrons. The average molecular weight is 111 g/mol. The highest BCUT2D eigenvalue weighted by atomic mass is 16.5. The second-order valence-electron chi connectivity index (χ2n) is 2.52. The van der Waals surface area contributed by atoms with E-state index < -0.39 is 0 Å². The Bertz CT molecular complexity index is 116. The molecule has 1 saturated heterocycles. The van der Waals surface area contributed by atoms with Crippen LogP contribution in [0.4, 0.5) is 0 Å². The minimum Gasteiger partial charge on any atom is -0.381 e. The highest BCUT2D eigenvalue weighted by Gasteiger charge is 2.38. The maximum absolute atomic E-state index is 5.06. The molecule has 8 heavy (non-hydrogen) atoms. The van der Waals surface area contributed by atoms with Gasteiger partial charge in [0.25, 0.3) is 0 Å². The van der Waals surface area contributed by atoms with Crippen LogP contribution in [0, 0.1) is 0 Å². The van der Waals surface area contributed by atoms with Crippen LogP contribution in [0.3, 0.4) is 0 Å². The fraction of sp³-hybridized carbons (Fsp3) is 0.667. The van der Waals surface area contributed by atoms with E-state index in [0.717, 1.165) is 19.6 Å². The number of nitrogens with one attached hydrogen (secondary N) is 1. The molecule has 2 rings (SSSR count). The number of hydrogen-bond donors (Lipinski definition) is 1. The van der Waals surface area contributed by atoms with Crippen molar-refractivity contribution in [1.29, 1.82) is 0 Å². The minimum atomic E-state index is 0.333. The monoisotopic (exact) mass is 111 g/mol. The van der Waals surface area contributed by atoms with Gasteiger partial charge < -0.3 is 10.1 Å². The summed E-state index contributed by atoms with van der Waals surface area (Å²) in [4.78, 5) is 0. The van der Waals surface area contributed by atoms with Gasteiger partial charge >= 0.3 is 0 Å². The Morgan fingerprint density at radius 2 is 2.38 bits per heavy atom. The number of rotatable bonds is 0. The Kier molecular flexibility index (Phi) is 0.690. The SMILES string of the molecule is C1=CNC2(C1)COC2. The van der Waals surface area contributed by atoms with Crippen LogP contribution in [-0.4, -0.2) is 18.8 Å². The minimum absolute atomic E-state index is 0.333. The lowest BCUT2D eigenvalue weighted by Crippen LogP contribution is -2.56. The van der Waals surface area contributed by atoms with Crippen LogP contribution < -0.4 is 5.32 Å². The molecule has 0 aromatic carbocycles. The van der Waals surface area contributed by atoms with Crippen LogP contribution in [0.25, 0.3) is 0 Å². The van der Waals surface area contributed by atoms with E-state index in [1.807, 2.05) is 6.20 Å². The first-order valence-corrected chi connectivity index (χ1v) is 2.92. The maximum Gasteiger partial charge on any atom is 0.0871 e. The Morgan fingerprint density at radius 1 is 1.50 bits per heavy atom. The molecule has 0 aromatic rings. The van der Waals surface area contributed by atoms with E-state index in [4.69, 9.17) is 4.74 Å². The summed E-state index contributed by atoms with van der Waals surface area (Å²) in [6, 6.07) is 0. The summed E-state index contributed by atoms with van der Waals surface area (Å²) < 4.78 is 5.06. The van der Waals surface area contributed by atoms with E-state index in [-0.39, 0.29) is 0 Å². The van der Waals surface area contributed by atoms with Gasteiger partial charge in [-0.15, -0.1) is 0 Å². The van der Waals surface area contributed by atoms with Crippen molar-refractivity contribution in [1.82, 2.24) is 5.32 Å². The van der Waals surface area contributed by atoms with Crippen molar-refractivity contribution in [2.75, 3.05) is 13.2 Å². The molecule has 0 unspecified atom stereocenters. The van der Waals surface area contributed by atoms with Crippen LogP contribution in [0.15, 0.2) is 12.3 Å². The Hall–Kier alpha value is -0.500. The van der Waals surface area contributed by atoms with Gasteiger partial charge in [0.2, 0.25) is 0 Å². The fourth-order valence-corrected chi connectivity index (χ4v) is 1.13. The summed E-state index contributed by atoms with van der Waals surface area (Å²) in [5.41, 5.74) is 0.333. The smallest absolute Gasteiger partial charge is 0.0871 e. The second kappa shape index (κ2) is 1.26. The van der Waals surface area contributed by atoms with Crippen molar-refractivity contribution in [3.8, 4) is 0 Å². The molecule has 2 aliphatic rings. The normalized spacial score (nSPS) is 30.0. The molecule has 1 spiro atoms. The summed E-state index contributed by atoms with van der Waals surface area (Å²) in [5, 5.41) is 3.26. The predicted molar refractivity (Wildman–Crippen MR) is 30.4 cm³/mol. The lowest BCUT2D eigenvalue weighted by Gasteiger charge is -2.38. The summed E-state index contributed by atoms with van der Waals surface area (Å²) in [6.45, 7) is 1.78. The standard InChI is InChI=1S/C6H9NO/c1-2-6(7-3-1)4-8-5-6/h1,3,7H,2,4-5H2. The summed E-state index contributed by atoms with van der Waals surface area (Å²) in [7, 11) is 0. The third kappa shape index (κ3) is 0.409. The predicted octanol–water partition coefficient (Wildman–Crippen LogP) is 0.262. The van der Waals surface area contributed by atoms with Crippen LogP contribution >= 0.6 is 0 Å². The molecular weight excluding hydrogens is 102 g/mol. The summed E-state index contributed by atoms with van der Waals surface area (Å²) in [6.07, 6.45) is 5.32. The van der Waals surface area contributed by atoms with Gasteiger partial charge in [0.05, 0.1) is 18.8 Å². The van der Waals surface area contributed by atoms with Gasteiger partial charge in [-0.3, -0.25) is 0 Å². The van der Waals surface area contributed by atoms with Crippen LogP contribution in [0.2, 0.25) is 0 Å². The summed E-state index contributed by atoms with van der Waals surface area (Å²) >= 11 is 0. The number of ether oxygens (including phenoxy) is 1. The van der Waals surface area contributed by atoms with Gasteiger partial charge in [-0.25, -0.2) is 0 Å². The van der Waals surface area contributed by atoms with Crippen molar-refractivity contribution in [3.63, 3.8) is 0 Å². The molecule has 44 valence electrons. The van der Waals surface area contributed by atoms with Crippen molar-refractivity contribution in [3.05, 3.63) is 12.3 Å². The molecule has 0 atom stereocenters. The molecule has 2 heterocycles. The third-order valence-electron chi connectivity index (χ3n) is 1.77. The molecule has 1 N–H and O–H groups in total. The molecule has 2 aliphatic heterocycles. The Morgan fingerprint density at radius 3 is 2.62 bits per heavy atom. The molecule has 0 aliphatic carbocycles. The van der Waals surface area contributed by atoms with Crippen molar-refractivity contribution < 1.29 is 4.74 Å². The van der Waals surface area contributed by atoms with E-state index in [2.05, 4.69) is 11.4 Å². The fourth-order valence-electron chi connectivity index (χ4n) is 1.13. The highest BCUT2D eigenvalue weighted by molar-refractivity contribution is 5.09. The maximum atomic E-state index is 5.06. The van der Waals surface area contributed by atoms with E-state index in [0.29, 0.717) is 5.54 Å². The molecule has 1 fully saturated rings. The first-order chi connectivity index (χ1) is 3.91. The van der Waals surface area contributed by atoms with E-state index >= 15 is 0 Å². The van der Waals surface area contributed by atoms with Crippen molar-refractivity contribution in [2.24, 2.45) is 0 Å². The van der Waals surface area contributed by atoms with Gasteiger partial charge in [-0.05, 0) is 12.6 Å². The third-order valence-corrected chi connectivity index (χ3v) is 1.77. The van der Waals surface area contributed by atoms with E-state index in [1.165, 1.54) is 0 Å². The quantitative estimate of drug-likeness (QED) is 0.484. The number of hydrogen-bond acceptors (Lipinski definition) is 2. The zero-order valence-electron chi connectivity index (χ0n) is 4.68. The molecule has 0 bridgehead atoms. The zero-order chi connectivity index (χ0) is 5.45. The van der Waals surface area contributed by atoms with Gasteiger partial charge in [0.15, 0.2) is 0 Å². The van der Waals surface area contributed by atoms with Crippen molar-refractivity contribution >= 4 is 0 Å².